The lowest BCUT2D eigenvalue weighted by molar-refractivity contribution is -0.132. The quantitative estimate of drug-likeness (QED) is 0.710. The highest BCUT2D eigenvalue weighted by Gasteiger charge is 2.31. The SMILES string of the molecule is Cc1nn(C)cc1CC(=O)N1Cc2nnc(C)n2[C@H](Cc2ccccc2)C1. The first-order valence-electron chi connectivity index (χ1n) is 9.22. The summed E-state index contributed by atoms with van der Waals surface area (Å²) in [5.41, 5.74) is 3.13. The molecule has 0 N–H and O–H groups in total. The highest BCUT2D eigenvalue weighted by Crippen LogP contribution is 2.25. The number of hydrogen-bond acceptors (Lipinski definition) is 4. The van der Waals surface area contributed by atoms with Crippen molar-refractivity contribution < 1.29 is 4.79 Å². The van der Waals surface area contributed by atoms with Gasteiger partial charge < -0.3 is 9.47 Å². The summed E-state index contributed by atoms with van der Waals surface area (Å²) >= 11 is 0. The van der Waals surface area contributed by atoms with Gasteiger partial charge in [-0.1, -0.05) is 30.3 Å². The van der Waals surface area contributed by atoms with Gasteiger partial charge in [0.2, 0.25) is 5.91 Å². The summed E-state index contributed by atoms with van der Waals surface area (Å²) in [6.07, 6.45) is 3.14. The Morgan fingerprint density at radius 2 is 1.96 bits per heavy atom. The van der Waals surface area contributed by atoms with Crippen LogP contribution < -0.4 is 0 Å². The maximum Gasteiger partial charge on any atom is 0.227 e. The molecule has 0 fully saturated rings. The highest BCUT2D eigenvalue weighted by molar-refractivity contribution is 5.79. The molecule has 4 rings (SSSR count). The first kappa shape index (κ1) is 17.5. The van der Waals surface area contributed by atoms with E-state index in [4.69, 9.17) is 0 Å². The van der Waals surface area contributed by atoms with Gasteiger partial charge in [-0.2, -0.15) is 5.10 Å². The zero-order valence-corrected chi connectivity index (χ0v) is 16.0. The molecule has 27 heavy (non-hydrogen) atoms. The van der Waals surface area contributed by atoms with Crippen LogP contribution in [0.15, 0.2) is 36.5 Å². The molecule has 0 spiro atoms. The molecule has 3 heterocycles. The number of benzene rings is 1. The van der Waals surface area contributed by atoms with Crippen molar-refractivity contribution >= 4 is 5.91 Å². The third-order valence-electron chi connectivity index (χ3n) is 5.19. The lowest BCUT2D eigenvalue weighted by Gasteiger charge is -2.34. The van der Waals surface area contributed by atoms with Gasteiger partial charge in [-0.05, 0) is 25.8 Å². The summed E-state index contributed by atoms with van der Waals surface area (Å²) in [5, 5.41) is 12.9. The molecule has 0 radical (unpaired) electrons. The molecule has 2 aromatic heterocycles. The number of aromatic nitrogens is 5. The molecule has 1 amide bonds. The number of carbonyl (C=O) groups excluding carboxylic acids is 1. The fourth-order valence-corrected chi connectivity index (χ4v) is 3.90. The zero-order valence-electron chi connectivity index (χ0n) is 16.0. The second kappa shape index (κ2) is 6.98. The average Bonchev–Trinajstić information content (AvgIpc) is 3.17. The van der Waals surface area contributed by atoms with Crippen LogP contribution in [-0.4, -0.2) is 41.9 Å². The number of rotatable bonds is 4. The monoisotopic (exact) mass is 364 g/mol. The van der Waals surface area contributed by atoms with Crippen molar-refractivity contribution in [2.45, 2.75) is 39.3 Å². The van der Waals surface area contributed by atoms with E-state index in [9.17, 15) is 4.79 Å². The Morgan fingerprint density at radius 3 is 2.67 bits per heavy atom. The standard InChI is InChI=1S/C20H24N6O/c1-14-17(11-24(3)23-14)10-20(27)25-12-18(9-16-7-5-4-6-8-16)26-15(2)21-22-19(26)13-25/h4-8,11,18H,9-10,12-13H2,1-3H3/t18-/m1/s1. The predicted molar refractivity (Wildman–Crippen MR) is 101 cm³/mol. The molecule has 140 valence electrons. The smallest absolute Gasteiger partial charge is 0.227 e. The molecule has 1 aliphatic rings. The van der Waals surface area contributed by atoms with Crippen molar-refractivity contribution in [3.8, 4) is 0 Å². The Balaban J connectivity index is 1.57. The fourth-order valence-electron chi connectivity index (χ4n) is 3.90. The van der Waals surface area contributed by atoms with E-state index in [1.54, 1.807) is 4.68 Å². The molecule has 0 bridgehead atoms. The van der Waals surface area contributed by atoms with E-state index in [1.807, 2.05) is 50.2 Å². The molecule has 7 heteroatoms. The van der Waals surface area contributed by atoms with Gasteiger partial charge in [0.15, 0.2) is 5.82 Å². The summed E-state index contributed by atoms with van der Waals surface area (Å²) in [4.78, 5) is 14.9. The normalized spacial score (nSPS) is 16.4. The van der Waals surface area contributed by atoms with Crippen molar-refractivity contribution in [2.24, 2.45) is 7.05 Å². The largest absolute Gasteiger partial charge is 0.333 e. The minimum Gasteiger partial charge on any atom is -0.333 e. The summed E-state index contributed by atoms with van der Waals surface area (Å²) < 4.78 is 3.94. The van der Waals surface area contributed by atoms with E-state index < -0.39 is 0 Å². The van der Waals surface area contributed by atoms with E-state index in [0.717, 1.165) is 29.3 Å². The Morgan fingerprint density at radius 1 is 1.19 bits per heavy atom. The van der Waals surface area contributed by atoms with Crippen molar-refractivity contribution in [1.29, 1.82) is 0 Å². The van der Waals surface area contributed by atoms with E-state index in [2.05, 4.69) is 32.0 Å². The number of hydrogen-bond donors (Lipinski definition) is 0. The number of carbonyl (C=O) groups is 1. The van der Waals surface area contributed by atoms with Gasteiger partial charge in [0.25, 0.3) is 0 Å². The Labute approximate surface area is 158 Å². The van der Waals surface area contributed by atoms with Gasteiger partial charge in [0.1, 0.15) is 5.82 Å². The van der Waals surface area contributed by atoms with Gasteiger partial charge in [-0.15, -0.1) is 10.2 Å². The molecule has 3 aromatic rings. The lowest BCUT2D eigenvalue weighted by Crippen LogP contribution is -2.42. The van der Waals surface area contributed by atoms with Gasteiger partial charge in [0.05, 0.1) is 24.7 Å². The lowest BCUT2D eigenvalue weighted by atomic mass is 10.0. The number of fused-ring (bicyclic) bond motifs is 1. The number of nitrogens with zero attached hydrogens (tertiary/aromatic N) is 6. The van der Waals surface area contributed by atoms with Gasteiger partial charge in [-0.25, -0.2) is 0 Å². The van der Waals surface area contributed by atoms with Crippen LogP contribution in [0.2, 0.25) is 0 Å². The van der Waals surface area contributed by atoms with E-state index in [-0.39, 0.29) is 11.9 Å². The van der Waals surface area contributed by atoms with Crippen molar-refractivity contribution in [1.82, 2.24) is 29.4 Å². The topological polar surface area (TPSA) is 68.8 Å². The van der Waals surface area contributed by atoms with Crippen LogP contribution in [0.25, 0.3) is 0 Å². The third-order valence-corrected chi connectivity index (χ3v) is 5.19. The molecule has 0 saturated carbocycles. The summed E-state index contributed by atoms with van der Waals surface area (Å²) in [5.74, 6) is 1.87. The first-order chi connectivity index (χ1) is 13.0. The van der Waals surface area contributed by atoms with Crippen LogP contribution in [0.3, 0.4) is 0 Å². The molecule has 1 aliphatic heterocycles. The first-order valence-corrected chi connectivity index (χ1v) is 9.22. The zero-order chi connectivity index (χ0) is 19.0. The van der Waals surface area contributed by atoms with Crippen LogP contribution in [0.4, 0.5) is 0 Å². The molecular formula is C20H24N6O. The molecule has 1 aromatic carbocycles. The third kappa shape index (κ3) is 3.49. The Hall–Kier alpha value is -2.96. The second-order valence-electron chi connectivity index (χ2n) is 7.24. The second-order valence-corrected chi connectivity index (χ2v) is 7.24. The number of amides is 1. The van der Waals surface area contributed by atoms with E-state index >= 15 is 0 Å². The molecular weight excluding hydrogens is 340 g/mol. The van der Waals surface area contributed by atoms with Crippen LogP contribution >= 0.6 is 0 Å². The highest BCUT2D eigenvalue weighted by atomic mass is 16.2. The molecule has 0 aliphatic carbocycles. The van der Waals surface area contributed by atoms with Gasteiger partial charge in [-0.3, -0.25) is 9.48 Å². The summed E-state index contributed by atoms with van der Waals surface area (Å²) in [6, 6.07) is 10.5. The Kier molecular flexibility index (Phi) is 4.51. The number of aryl methyl sites for hydroxylation is 3. The summed E-state index contributed by atoms with van der Waals surface area (Å²) in [6.45, 7) is 5.09. The average molecular weight is 364 g/mol. The maximum atomic E-state index is 13.0. The predicted octanol–water partition coefficient (Wildman–Crippen LogP) is 2.00. The molecule has 7 nitrogen and oxygen atoms in total. The van der Waals surface area contributed by atoms with Crippen LogP contribution in [0, 0.1) is 13.8 Å². The van der Waals surface area contributed by atoms with Crippen LogP contribution in [0.1, 0.15) is 34.5 Å². The van der Waals surface area contributed by atoms with E-state index in [1.165, 1.54) is 5.56 Å². The van der Waals surface area contributed by atoms with Crippen molar-refractivity contribution in [3.63, 3.8) is 0 Å². The van der Waals surface area contributed by atoms with Crippen molar-refractivity contribution in [3.05, 3.63) is 65.0 Å². The van der Waals surface area contributed by atoms with Gasteiger partial charge in [0, 0.05) is 25.4 Å². The van der Waals surface area contributed by atoms with Gasteiger partial charge >= 0.3 is 0 Å². The van der Waals surface area contributed by atoms with Crippen LogP contribution in [0.5, 0.6) is 0 Å². The van der Waals surface area contributed by atoms with Crippen LogP contribution in [-0.2, 0) is 31.2 Å². The molecule has 0 unspecified atom stereocenters. The maximum absolute atomic E-state index is 13.0. The molecule has 1 atom stereocenters. The summed E-state index contributed by atoms with van der Waals surface area (Å²) in [7, 11) is 1.88. The van der Waals surface area contributed by atoms with E-state index in [0.29, 0.717) is 19.5 Å². The van der Waals surface area contributed by atoms with Crippen molar-refractivity contribution in [2.75, 3.05) is 6.54 Å². The fraction of sp³-hybridized carbons (Fsp3) is 0.400. The Bertz CT molecular complexity index is 958. The minimum atomic E-state index is 0.107. The molecule has 0 saturated heterocycles. The minimum absolute atomic E-state index is 0.107.